The van der Waals surface area contributed by atoms with Crippen LogP contribution in [0.3, 0.4) is 0 Å². The smallest absolute Gasteiger partial charge is 0.127 e. The van der Waals surface area contributed by atoms with Gasteiger partial charge in [-0.1, -0.05) is 13.0 Å². The van der Waals surface area contributed by atoms with Crippen LogP contribution in [0.5, 0.6) is 11.5 Å². The molecule has 0 aromatic heterocycles. The zero-order valence-electron chi connectivity index (χ0n) is 13.4. The van der Waals surface area contributed by atoms with E-state index in [4.69, 9.17) is 14.2 Å². The maximum absolute atomic E-state index is 6.26. The van der Waals surface area contributed by atoms with Crippen molar-refractivity contribution in [1.29, 1.82) is 0 Å². The van der Waals surface area contributed by atoms with Gasteiger partial charge in [0.05, 0.1) is 13.2 Å². The Labute approximate surface area is 127 Å². The van der Waals surface area contributed by atoms with Gasteiger partial charge in [0.25, 0.3) is 0 Å². The summed E-state index contributed by atoms with van der Waals surface area (Å²) in [6.07, 6.45) is 4.92. The predicted molar refractivity (Wildman–Crippen MR) is 84.1 cm³/mol. The van der Waals surface area contributed by atoms with Crippen molar-refractivity contribution in [3.8, 4) is 11.5 Å². The Morgan fingerprint density at radius 3 is 2.71 bits per heavy atom. The van der Waals surface area contributed by atoms with Crippen molar-refractivity contribution >= 4 is 0 Å². The lowest BCUT2D eigenvalue weighted by Crippen LogP contribution is -2.30. The van der Waals surface area contributed by atoms with Crippen LogP contribution in [0.15, 0.2) is 18.2 Å². The Bertz CT molecular complexity index is 436. The number of nitrogens with one attached hydrogen (secondary N) is 1. The van der Waals surface area contributed by atoms with E-state index in [-0.39, 0.29) is 6.10 Å². The first kappa shape index (κ1) is 16.1. The zero-order chi connectivity index (χ0) is 15.1. The van der Waals surface area contributed by atoms with E-state index in [1.807, 2.05) is 12.1 Å². The number of benzene rings is 1. The lowest BCUT2D eigenvalue weighted by atomic mass is 9.95. The minimum absolute atomic E-state index is 0.233. The summed E-state index contributed by atoms with van der Waals surface area (Å²) in [7, 11) is 3.47. The third-order valence-corrected chi connectivity index (χ3v) is 4.04. The van der Waals surface area contributed by atoms with E-state index in [0.29, 0.717) is 6.10 Å². The molecule has 1 aromatic carbocycles. The number of hydrogen-bond donors (Lipinski definition) is 1. The zero-order valence-corrected chi connectivity index (χ0v) is 13.4. The predicted octanol–water partition coefficient (Wildman–Crippen LogP) is 3.14. The summed E-state index contributed by atoms with van der Waals surface area (Å²) < 4.78 is 17.1. The highest BCUT2D eigenvalue weighted by molar-refractivity contribution is 5.41. The Morgan fingerprint density at radius 2 is 2.00 bits per heavy atom. The number of methoxy groups -OCH3 is 2. The lowest BCUT2D eigenvalue weighted by Gasteiger charge is -2.29. The van der Waals surface area contributed by atoms with Crippen LogP contribution >= 0.6 is 0 Å². The maximum atomic E-state index is 6.26. The summed E-state index contributed by atoms with van der Waals surface area (Å²) >= 11 is 0. The van der Waals surface area contributed by atoms with Crippen LogP contribution in [0.2, 0.25) is 0 Å². The fourth-order valence-corrected chi connectivity index (χ4v) is 2.78. The molecular formula is C17H27NO3. The van der Waals surface area contributed by atoms with Crippen molar-refractivity contribution < 1.29 is 14.2 Å². The topological polar surface area (TPSA) is 39.7 Å². The summed E-state index contributed by atoms with van der Waals surface area (Å²) in [6, 6.07) is 6.05. The molecule has 2 unspecified atom stereocenters. The van der Waals surface area contributed by atoms with Gasteiger partial charge < -0.3 is 19.5 Å². The van der Waals surface area contributed by atoms with Gasteiger partial charge in [-0.05, 0) is 31.9 Å². The van der Waals surface area contributed by atoms with E-state index in [1.54, 1.807) is 14.2 Å². The molecule has 0 aliphatic heterocycles. The highest BCUT2D eigenvalue weighted by Gasteiger charge is 2.23. The molecule has 0 bridgehead atoms. The van der Waals surface area contributed by atoms with Crippen LogP contribution in [-0.2, 0) is 11.3 Å². The first-order valence-electron chi connectivity index (χ1n) is 7.83. The van der Waals surface area contributed by atoms with Gasteiger partial charge in [0.1, 0.15) is 17.6 Å². The third-order valence-electron chi connectivity index (χ3n) is 4.04. The van der Waals surface area contributed by atoms with Gasteiger partial charge in [0.2, 0.25) is 0 Å². The average Bonchev–Trinajstić information content (AvgIpc) is 2.53. The number of ether oxygens (including phenoxy) is 3. The van der Waals surface area contributed by atoms with Gasteiger partial charge in [0.15, 0.2) is 0 Å². The molecule has 0 radical (unpaired) electrons. The fraction of sp³-hybridized carbons (Fsp3) is 0.647. The molecule has 0 spiro atoms. The van der Waals surface area contributed by atoms with Crippen LogP contribution in [0.25, 0.3) is 0 Å². The molecular weight excluding hydrogens is 266 g/mol. The maximum Gasteiger partial charge on any atom is 0.127 e. The van der Waals surface area contributed by atoms with Crippen molar-refractivity contribution in [2.45, 2.75) is 51.4 Å². The molecule has 2 rings (SSSR count). The number of hydrogen-bond acceptors (Lipinski definition) is 4. The molecule has 1 aliphatic carbocycles. The molecule has 4 nitrogen and oxygen atoms in total. The van der Waals surface area contributed by atoms with Crippen molar-refractivity contribution in [2.24, 2.45) is 0 Å². The van der Waals surface area contributed by atoms with Gasteiger partial charge in [-0.15, -0.1) is 0 Å². The van der Waals surface area contributed by atoms with Gasteiger partial charge in [0, 0.05) is 31.7 Å². The molecule has 0 saturated heterocycles. The molecule has 4 heteroatoms. The molecule has 1 aromatic rings. The molecule has 118 valence electrons. The highest BCUT2D eigenvalue weighted by atomic mass is 16.5. The van der Waals surface area contributed by atoms with Crippen LogP contribution < -0.4 is 14.8 Å². The summed E-state index contributed by atoms with van der Waals surface area (Å²) in [5.41, 5.74) is 1.18. The molecule has 1 fully saturated rings. The molecule has 0 heterocycles. The van der Waals surface area contributed by atoms with E-state index in [1.165, 1.54) is 5.56 Å². The summed E-state index contributed by atoms with van der Waals surface area (Å²) in [4.78, 5) is 0. The number of rotatable bonds is 7. The van der Waals surface area contributed by atoms with Crippen molar-refractivity contribution in [2.75, 3.05) is 20.8 Å². The van der Waals surface area contributed by atoms with Crippen LogP contribution in [-0.4, -0.2) is 33.0 Å². The molecule has 0 amide bonds. The van der Waals surface area contributed by atoms with E-state index in [2.05, 4.69) is 18.3 Å². The van der Waals surface area contributed by atoms with Crippen molar-refractivity contribution in [3.05, 3.63) is 23.8 Å². The standard InChI is InChI=1S/C17H27NO3/c1-4-18-12-13-8-9-15(20-3)11-17(13)21-16-7-5-6-14(10-16)19-2/h8-9,11,14,16,18H,4-7,10,12H2,1-3H3. The molecule has 1 N–H and O–H groups in total. The van der Waals surface area contributed by atoms with E-state index in [0.717, 1.165) is 50.3 Å². The summed E-state index contributed by atoms with van der Waals surface area (Å²) in [5, 5.41) is 3.35. The quantitative estimate of drug-likeness (QED) is 0.838. The van der Waals surface area contributed by atoms with Crippen molar-refractivity contribution in [1.82, 2.24) is 5.32 Å². The Morgan fingerprint density at radius 1 is 1.19 bits per heavy atom. The van der Waals surface area contributed by atoms with E-state index < -0.39 is 0 Å². The van der Waals surface area contributed by atoms with Crippen LogP contribution in [0.4, 0.5) is 0 Å². The first-order valence-corrected chi connectivity index (χ1v) is 7.83. The molecule has 1 aliphatic rings. The van der Waals surface area contributed by atoms with Crippen LogP contribution in [0.1, 0.15) is 38.2 Å². The summed E-state index contributed by atoms with van der Waals surface area (Å²) in [5.74, 6) is 1.77. The van der Waals surface area contributed by atoms with Gasteiger partial charge in [-0.25, -0.2) is 0 Å². The van der Waals surface area contributed by atoms with E-state index in [9.17, 15) is 0 Å². The van der Waals surface area contributed by atoms with Gasteiger partial charge in [-0.2, -0.15) is 0 Å². The average molecular weight is 293 g/mol. The lowest BCUT2D eigenvalue weighted by molar-refractivity contribution is 0.0206. The fourth-order valence-electron chi connectivity index (χ4n) is 2.78. The van der Waals surface area contributed by atoms with Crippen LogP contribution in [0, 0.1) is 0 Å². The minimum Gasteiger partial charge on any atom is -0.497 e. The SMILES string of the molecule is CCNCc1ccc(OC)cc1OC1CCCC(OC)C1. The second kappa shape index (κ2) is 8.25. The second-order valence-electron chi connectivity index (χ2n) is 5.52. The molecule has 1 saturated carbocycles. The second-order valence-corrected chi connectivity index (χ2v) is 5.52. The Hall–Kier alpha value is -1.26. The van der Waals surface area contributed by atoms with E-state index >= 15 is 0 Å². The largest absolute Gasteiger partial charge is 0.497 e. The normalized spacial score (nSPS) is 22.0. The van der Waals surface area contributed by atoms with Crippen molar-refractivity contribution in [3.63, 3.8) is 0 Å². The monoisotopic (exact) mass is 293 g/mol. The summed E-state index contributed by atoms with van der Waals surface area (Å²) in [6.45, 7) is 3.87. The first-order chi connectivity index (χ1) is 10.3. The molecule has 21 heavy (non-hydrogen) atoms. The Balaban J connectivity index is 2.08. The Kier molecular flexibility index (Phi) is 6.33. The van der Waals surface area contributed by atoms with Gasteiger partial charge >= 0.3 is 0 Å². The highest BCUT2D eigenvalue weighted by Crippen LogP contribution is 2.30. The third kappa shape index (κ3) is 4.61. The molecule has 2 atom stereocenters. The minimum atomic E-state index is 0.233. The van der Waals surface area contributed by atoms with Gasteiger partial charge in [-0.3, -0.25) is 0 Å².